The van der Waals surface area contributed by atoms with Crippen LogP contribution in [0.5, 0.6) is 0 Å². The van der Waals surface area contributed by atoms with E-state index in [1.165, 1.54) is 10.6 Å². The van der Waals surface area contributed by atoms with Gasteiger partial charge in [-0.1, -0.05) is 17.7 Å². The fourth-order valence-electron chi connectivity index (χ4n) is 4.05. The summed E-state index contributed by atoms with van der Waals surface area (Å²) in [4.78, 5) is 20.9. The van der Waals surface area contributed by atoms with Gasteiger partial charge in [-0.25, -0.2) is 9.37 Å². The maximum atomic E-state index is 13.9. The zero-order valence-electron chi connectivity index (χ0n) is 17.5. The smallest absolute Gasteiger partial charge is 0.366 e. The van der Waals surface area contributed by atoms with E-state index in [1.54, 1.807) is 19.2 Å². The first-order chi connectivity index (χ1) is 15.6. The van der Waals surface area contributed by atoms with Crippen molar-refractivity contribution in [3.8, 4) is 6.07 Å². The number of hydrogen-bond donors (Lipinski definition) is 0. The Morgan fingerprint density at radius 2 is 1.85 bits per heavy atom. The van der Waals surface area contributed by atoms with Gasteiger partial charge in [-0.15, -0.1) is 0 Å². The van der Waals surface area contributed by atoms with Gasteiger partial charge in [0.25, 0.3) is 5.56 Å². The number of hydrogen-bond acceptors (Lipinski definition) is 5. The van der Waals surface area contributed by atoms with E-state index >= 15 is 0 Å². The van der Waals surface area contributed by atoms with E-state index in [9.17, 15) is 27.6 Å². The Kier molecular flexibility index (Phi) is 6.03. The summed E-state index contributed by atoms with van der Waals surface area (Å²) in [6, 6.07) is 8.15. The lowest BCUT2D eigenvalue weighted by atomic mass is 10.1. The van der Waals surface area contributed by atoms with E-state index in [4.69, 9.17) is 11.6 Å². The van der Waals surface area contributed by atoms with Crippen LogP contribution in [0.4, 0.5) is 23.2 Å². The normalized spacial score (nSPS) is 15.1. The zero-order valence-corrected chi connectivity index (χ0v) is 18.2. The highest BCUT2D eigenvalue weighted by Crippen LogP contribution is 2.32. The number of alkyl halides is 3. The highest BCUT2D eigenvalue weighted by atomic mass is 35.5. The van der Waals surface area contributed by atoms with Crippen molar-refractivity contribution in [1.82, 2.24) is 14.5 Å². The molecule has 1 saturated heterocycles. The Morgan fingerprint density at radius 1 is 1.15 bits per heavy atom. The molecule has 0 saturated carbocycles. The van der Waals surface area contributed by atoms with Gasteiger partial charge in [-0.2, -0.15) is 18.4 Å². The number of benzene rings is 1. The SMILES string of the molecule is Cn1c(=O)c(C#N)c(N2CCN(Cc3ccc(C(F)(F)F)c(F)c3)CC2)c2nc(Cl)ccc21. The molecule has 2 aromatic heterocycles. The molecular formula is C22H18ClF4N5O. The molecule has 11 heteroatoms. The molecule has 1 aliphatic rings. The van der Waals surface area contributed by atoms with Crippen molar-refractivity contribution in [2.24, 2.45) is 7.05 Å². The summed E-state index contributed by atoms with van der Waals surface area (Å²) < 4.78 is 53.6. The number of aryl methyl sites for hydroxylation is 1. The molecule has 0 amide bonds. The minimum atomic E-state index is -4.74. The van der Waals surface area contributed by atoms with Crippen LogP contribution < -0.4 is 10.5 Å². The van der Waals surface area contributed by atoms with Gasteiger partial charge in [0, 0.05) is 39.8 Å². The number of piperazine rings is 1. The summed E-state index contributed by atoms with van der Waals surface area (Å²) in [5.74, 6) is -1.30. The van der Waals surface area contributed by atoms with Crippen LogP contribution in [-0.2, 0) is 19.8 Å². The third-order valence-corrected chi connectivity index (χ3v) is 5.94. The Labute approximate surface area is 191 Å². The molecule has 1 fully saturated rings. The lowest BCUT2D eigenvalue weighted by molar-refractivity contribution is -0.140. The predicted octanol–water partition coefficient (Wildman–Crippen LogP) is 3.94. The third kappa shape index (κ3) is 4.38. The lowest BCUT2D eigenvalue weighted by Gasteiger charge is -2.36. The molecule has 172 valence electrons. The highest BCUT2D eigenvalue weighted by molar-refractivity contribution is 6.29. The minimum Gasteiger partial charge on any atom is -0.366 e. The van der Waals surface area contributed by atoms with Crippen molar-refractivity contribution < 1.29 is 17.6 Å². The zero-order chi connectivity index (χ0) is 23.9. The van der Waals surface area contributed by atoms with Crippen LogP contribution in [0.3, 0.4) is 0 Å². The summed E-state index contributed by atoms with van der Waals surface area (Å²) >= 11 is 6.07. The van der Waals surface area contributed by atoms with Gasteiger partial charge in [0.05, 0.1) is 16.8 Å². The van der Waals surface area contributed by atoms with Crippen molar-refractivity contribution in [1.29, 1.82) is 5.26 Å². The second-order valence-corrected chi connectivity index (χ2v) is 8.16. The van der Waals surface area contributed by atoms with E-state index < -0.39 is 23.1 Å². The number of fused-ring (bicyclic) bond motifs is 1. The maximum absolute atomic E-state index is 13.9. The first-order valence-electron chi connectivity index (χ1n) is 10.0. The summed E-state index contributed by atoms with van der Waals surface area (Å²) in [5, 5.41) is 9.89. The van der Waals surface area contributed by atoms with Crippen molar-refractivity contribution >= 4 is 28.3 Å². The van der Waals surface area contributed by atoms with E-state index in [0.29, 0.717) is 48.5 Å². The number of pyridine rings is 2. The van der Waals surface area contributed by atoms with Crippen molar-refractivity contribution in [3.05, 3.63) is 68.3 Å². The maximum Gasteiger partial charge on any atom is 0.419 e. The Morgan fingerprint density at radius 3 is 2.45 bits per heavy atom. The molecule has 1 aliphatic heterocycles. The number of anilines is 1. The molecule has 0 atom stereocenters. The number of nitriles is 1. The standard InChI is InChI=1S/C22H18ClF4N5O/c1-30-17-4-5-18(23)29-19(17)20(14(11-28)21(30)33)32-8-6-31(7-9-32)12-13-2-3-15(16(24)10-13)22(25,26)27/h2-5,10H,6-9,12H2,1H3. The van der Waals surface area contributed by atoms with Gasteiger partial charge in [-0.05, 0) is 29.8 Å². The molecule has 3 heterocycles. The quantitative estimate of drug-likeness (QED) is 0.420. The van der Waals surface area contributed by atoms with Gasteiger partial charge in [0.15, 0.2) is 0 Å². The average Bonchev–Trinajstić information content (AvgIpc) is 2.76. The largest absolute Gasteiger partial charge is 0.419 e. The van der Waals surface area contributed by atoms with E-state index in [1.807, 2.05) is 15.9 Å². The van der Waals surface area contributed by atoms with Gasteiger partial charge in [0.2, 0.25) is 0 Å². The van der Waals surface area contributed by atoms with Crippen LogP contribution in [-0.4, -0.2) is 40.6 Å². The number of aromatic nitrogens is 2. The molecule has 0 N–H and O–H groups in total. The molecule has 0 spiro atoms. The van der Waals surface area contributed by atoms with Gasteiger partial charge >= 0.3 is 6.18 Å². The highest BCUT2D eigenvalue weighted by Gasteiger charge is 2.34. The van der Waals surface area contributed by atoms with Gasteiger partial charge in [0.1, 0.15) is 28.1 Å². The van der Waals surface area contributed by atoms with Crippen LogP contribution in [0.15, 0.2) is 35.1 Å². The second kappa shape index (κ2) is 8.65. The molecule has 6 nitrogen and oxygen atoms in total. The number of nitrogens with zero attached hydrogens (tertiary/aromatic N) is 5. The van der Waals surface area contributed by atoms with E-state index in [0.717, 1.165) is 12.1 Å². The van der Waals surface area contributed by atoms with Crippen LogP contribution >= 0.6 is 11.6 Å². The molecule has 0 bridgehead atoms. The third-order valence-electron chi connectivity index (χ3n) is 5.73. The Balaban J connectivity index is 1.57. The fourth-order valence-corrected chi connectivity index (χ4v) is 4.20. The molecular weight excluding hydrogens is 462 g/mol. The average molecular weight is 480 g/mol. The van der Waals surface area contributed by atoms with E-state index in [2.05, 4.69) is 4.98 Å². The predicted molar refractivity (Wildman–Crippen MR) is 116 cm³/mol. The molecule has 0 radical (unpaired) electrons. The van der Waals surface area contributed by atoms with E-state index in [-0.39, 0.29) is 17.3 Å². The summed E-state index contributed by atoms with van der Waals surface area (Å²) in [6.07, 6.45) is -4.74. The minimum absolute atomic E-state index is 0.0296. The first-order valence-corrected chi connectivity index (χ1v) is 10.4. The first kappa shape index (κ1) is 23.0. The molecule has 3 aromatic rings. The monoisotopic (exact) mass is 479 g/mol. The molecule has 0 aliphatic carbocycles. The van der Waals surface area contributed by atoms with Crippen molar-refractivity contribution in [2.75, 3.05) is 31.1 Å². The molecule has 0 unspecified atom stereocenters. The van der Waals surface area contributed by atoms with Crippen molar-refractivity contribution in [3.63, 3.8) is 0 Å². The topological polar surface area (TPSA) is 65.2 Å². The second-order valence-electron chi connectivity index (χ2n) is 7.78. The Bertz CT molecular complexity index is 1320. The number of halogens is 5. The van der Waals surface area contributed by atoms with Crippen LogP contribution in [0.25, 0.3) is 11.0 Å². The van der Waals surface area contributed by atoms with Crippen LogP contribution in [0.2, 0.25) is 5.15 Å². The molecule has 1 aromatic carbocycles. The lowest BCUT2D eigenvalue weighted by Crippen LogP contribution is -2.47. The molecule has 33 heavy (non-hydrogen) atoms. The van der Waals surface area contributed by atoms with Crippen LogP contribution in [0.1, 0.15) is 16.7 Å². The van der Waals surface area contributed by atoms with Crippen LogP contribution in [0, 0.1) is 17.1 Å². The van der Waals surface area contributed by atoms with Gasteiger partial charge in [-0.3, -0.25) is 9.69 Å². The summed E-state index contributed by atoms with van der Waals surface area (Å²) in [6.45, 7) is 2.13. The number of rotatable bonds is 3. The Hall–Kier alpha value is -3.16. The van der Waals surface area contributed by atoms with Gasteiger partial charge < -0.3 is 9.47 Å². The molecule has 4 rings (SSSR count). The fraction of sp³-hybridized carbons (Fsp3) is 0.318. The van der Waals surface area contributed by atoms with Crippen molar-refractivity contribution in [2.45, 2.75) is 12.7 Å². The summed E-state index contributed by atoms with van der Waals surface area (Å²) in [7, 11) is 1.56. The summed E-state index contributed by atoms with van der Waals surface area (Å²) in [5.41, 5.74) is 0.0755.